The van der Waals surface area contributed by atoms with Crippen LogP contribution in [-0.2, 0) is 43.0 Å². The van der Waals surface area contributed by atoms with Crippen molar-refractivity contribution in [2.45, 2.75) is 102 Å². The summed E-state index contributed by atoms with van der Waals surface area (Å²) in [6, 6.07) is -3.87. The van der Waals surface area contributed by atoms with E-state index in [1.807, 2.05) is 0 Å². The Balaban J connectivity index is 0.00000562. The van der Waals surface area contributed by atoms with Gasteiger partial charge in [-0.15, -0.1) is 0 Å². The zero-order chi connectivity index (χ0) is 33.3. The maximum atomic E-state index is 12.6. The van der Waals surface area contributed by atoms with E-state index in [9.17, 15) is 49.5 Å². The molecule has 1 rings (SSSR count). The van der Waals surface area contributed by atoms with Gasteiger partial charge in [-0.05, 0) is 46.1 Å². The predicted octanol–water partition coefficient (Wildman–Crippen LogP) is -3.56. The fourth-order valence-electron chi connectivity index (χ4n) is 3.96. The summed E-state index contributed by atoms with van der Waals surface area (Å²) >= 11 is 0. The molecule has 1 aliphatic heterocycles. The van der Waals surface area contributed by atoms with Crippen molar-refractivity contribution in [1.29, 1.82) is 0 Å². The number of carboxylic acids is 2. The second kappa shape index (κ2) is 20.4. The number of carbonyl (C=O) groups is 5. The zero-order valence-corrected chi connectivity index (χ0v) is 24.1. The maximum Gasteiger partial charge on any atom is 0.373 e. The first-order valence-electron chi connectivity index (χ1n) is 13.5. The van der Waals surface area contributed by atoms with Gasteiger partial charge < -0.3 is 56.7 Å². The molecule has 0 aliphatic carbocycles. The SMILES string of the molecule is C[C@H](NC(=O)[C@@H](C)O[C@H]1C(O)C(CO)OC(O)[C@H]1C)C(=O)N[C@H](CCC(=O)N[C@@H](CCCCN)C(=O)O)C(=O)O.O=C=O. The first-order chi connectivity index (χ1) is 20.1. The van der Waals surface area contributed by atoms with Crippen molar-refractivity contribution in [3.05, 3.63) is 0 Å². The van der Waals surface area contributed by atoms with E-state index in [2.05, 4.69) is 16.0 Å². The molecule has 1 saturated heterocycles. The lowest BCUT2D eigenvalue weighted by Gasteiger charge is -2.41. The average Bonchev–Trinajstić information content (AvgIpc) is 2.94. The number of nitrogens with two attached hydrogens (primary N) is 1. The number of hydrogen-bond donors (Lipinski definition) is 9. The van der Waals surface area contributed by atoms with Crippen molar-refractivity contribution in [2.24, 2.45) is 11.7 Å². The Morgan fingerprint density at radius 2 is 1.49 bits per heavy atom. The molecular formula is C25H42N4O14. The lowest BCUT2D eigenvalue weighted by Crippen LogP contribution is -2.58. The van der Waals surface area contributed by atoms with Gasteiger partial charge in [-0.2, -0.15) is 9.59 Å². The Kier molecular flexibility index (Phi) is 18.7. The van der Waals surface area contributed by atoms with Crippen molar-refractivity contribution in [3.8, 4) is 0 Å². The monoisotopic (exact) mass is 622 g/mol. The number of carbonyl (C=O) groups excluding carboxylic acids is 5. The molecule has 18 nitrogen and oxygen atoms in total. The van der Waals surface area contributed by atoms with E-state index in [1.54, 1.807) is 0 Å². The molecular weight excluding hydrogens is 580 g/mol. The molecule has 43 heavy (non-hydrogen) atoms. The Bertz CT molecular complexity index is 960. The predicted molar refractivity (Wildman–Crippen MR) is 141 cm³/mol. The van der Waals surface area contributed by atoms with Crippen LogP contribution in [0, 0.1) is 5.92 Å². The molecule has 0 aromatic rings. The number of nitrogens with one attached hydrogen (secondary N) is 3. The Labute approximate surface area is 247 Å². The van der Waals surface area contributed by atoms with Gasteiger partial charge in [0.05, 0.1) is 12.7 Å². The van der Waals surface area contributed by atoms with E-state index >= 15 is 0 Å². The Morgan fingerprint density at radius 1 is 0.930 bits per heavy atom. The van der Waals surface area contributed by atoms with Crippen LogP contribution in [0.3, 0.4) is 0 Å². The molecule has 3 unspecified atom stereocenters. The van der Waals surface area contributed by atoms with Crippen LogP contribution < -0.4 is 21.7 Å². The highest BCUT2D eigenvalue weighted by atomic mass is 16.6. The molecule has 0 radical (unpaired) electrons. The van der Waals surface area contributed by atoms with E-state index in [4.69, 9.17) is 24.8 Å². The number of carboxylic acid groups (broad SMARTS) is 2. The Hall–Kier alpha value is -3.51. The third-order valence-corrected chi connectivity index (χ3v) is 6.52. The molecule has 0 aromatic heterocycles. The number of aliphatic hydroxyl groups is 3. The smallest absolute Gasteiger partial charge is 0.373 e. The molecule has 0 saturated carbocycles. The number of ether oxygens (including phenoxy) is 2. The van der Waals surface area contributed by atoms with Crippen LogP contribution in [0.15, 0.2) is 0 Å². The van der Waals surface area contributed by atoms with E-state index < -0.39 is 91.0 Å². The van der Waals surface area contributed by atoms with Gasteiger partial charge in [0.25, 0.3) is 0 Å². The maximum absolute atomic E-state index is 12.6. The van der Waals surface area contributed by atoms with E-state index in [-0.39, 0.29) is 25.4 Å². The molecule has 1 heterocycles. The molecule has 1 aliphatic rings. The fourth-order valence-corrected chi connectivity index (χ4v) is 3.96. The normalized spacial score (nSPS) is 24.0. The van der Waals surface area contributed by atoms with E-state index in [1.165, 1.54) is 20.8 Å². The number of amides is 3. The molecule has 246 valence electrons. The van der Waals surface area contributed by atoms with Crippen molar-refractivity contribution in [3.63, 3.8) is 0 Å². The lowest BCUT2D eigenvalue weighted by atomic mass is 9.92. The number of aliphatic carboxylic acids is 2. The lowest BCUT2D eigenvalue weighted by molar-refractivity contribution is -0.278. The molecule has 0 spiro atoms. The first-order valence-corrected chi connectivity index (χ1v) is 13.5. The van der Waals surface area contributed by atoms with Crippen LogP contribution in [0.4, 0.5) is 0 Å². The summed E-state index contributed by atoms with van der Waals surface area (Å²) in [5.41, 5.74) is 5.38. The van der Waals surface area contributed by atoms with Crippen LogP contribution in [-0.4, -0.2) is 123 Å². The minimum absolute atomic E-state index is 0.158. The van der Waals surface area contributed by atoms with Crippen LogP contribution in [0.1, 0.15) is 52.9 Å². The van der Waals surface area contributed by atoms with Crippen molar-refractivity contribution >= 4 is 35.8 Å². The second-order valence-electron chi connectivity index (χ2n) is 9.83. The minimum Gasteiger partial charge on any atom is -0.480 e. The zero-order valence-electron chi connectivity index (χ0n) is 24.1. The molecule has 1 fully saturated rings. The van der Waals surface area contributed by atoms with Gasteiger partial charge in [0.15, 0.2) is 6.29 Å². The summed E-state index contributed by atoms with van der Waals surface area (Å²) in [6.45, 7) is 3.93. The standard InChI is InChI=1S/C24H42N4O12.CO2/c1-11-19(18(31)16(10-29)40-24(11)38)39-13(3)21(33)26-12(2)20(32)28-15(23(36)37)7-8-17(30)27-14(22(34)35)6-4-5-9-25;2-1-3/h11-16,18-19,24,29,31,38H,4-10,25H2,1-3H3,(H,26,33)(H,27,30)(H,28,32)(H,34,35)(H,36,37);/t11-,12-,13+,14-,15+,16?,18?,19+,24?;/m0./s1. The van der Waals surface area contributed by atoms with Crippen LogP contribution >= 0.6 is 0 Å². The molecule has 3 amide bonds. The number of hydrogen-bond acceptors (Lipinski definition) is 13. The highest BCUT2D eigenvalue weighted by molar-refractivity contribution is 5.91. The summed E-state index contributed by atoms with van der Waals surface area (Å²) in [6.07, 6.45) is -5.36. The largest absolute Gasteiger partial charge is 0.480 e. The van der Waals surface area contributed by atoms with Gasteiger partial charge in [-0.1, -0.05) is 6.92 Å². The topological polar surface area (TPSA) is 301 Å². The molecule has 9 atom stereocenters. The van der Waals surface area contributed by atoms with Crippen LogP contribution in [0.5, 0.6) is 0 Å². The van der Waals surface area contributed by atoms with E-state index in [0.717, 1.165) is 0 Å². The summed E-state index contributed by atoms with van der Waals surface area (Å²) in [5, 5.41) is 55.3. The third kappa shape index (κ3) is 14.0. The second-order valence-corrected chi connectivity index (χ2v) is 9.83. The van der Waals surface area contributed by atoms with Crippen molar-refractivity contribution in [1.82, 2.24) is 16.0 Å². The summed E-state index contributed by atoms with van der Waals surface area (Å²) in [5.74, 6) is -5.77. The highest BCUT2D eigenvalue weighted by Crippen LogP contribution is 2.27. The van der Waals surface area contributed by atoms with Crippen LogP contribution in [0.25, 0.3) is 0 Å². The van der Waals surface area contributed by atoms with Crippen molar-refractivity contribution in [2.75, 3.05) is 13.2 Å². The Morgan fingerprint density at radius 3 is 2.00 bits per heavy atom. The van der Waals surface area contributed by atoms with Gasteiger partial charge in [-0.3, -0.25) is 14.4 Å². The van der Waals surface area contributed by atoms with Gasteiger partial charge in [0.1, 0.15) is 36.4 Å². The molecule has 0 bridgehead atoms. The minimum atomic E-state index is -1.50. The molecule has 10 N–H and O–H groups in total. The number of unbranched alkanes of at least 4 members (excludes halogenated alkanes) is 1. The quantitative estimate of drug-likeness (QED) is 0.0709. The van der Waals surface area contributed by atoms with Gasteiger partial charge in [-0.25, -0.2) is 9.59 Å². The molecule has 18 heteroatoms. The summed E-state index contributed by atoms with van der Waals surface area (Å²) in [4.78, 5) is 76.6. The van der Waals surface area contributed by atoms with Gasteiger partial charge in [0, 0.05) is 12.3 Å². The van der Waals surface area contributed by atoms with E-state index in [0.29, 0.717) is 19.4 Å². The van der Waals surface area contributed by atoms with Crippen molar-refractivity contribution < 1.29 is 68.6 Å². The number of rotatable bonds is 17. The fraction of sp³-hybridized carbons (Fsp3) is 0.760. The highest BCUT2D eigenvalue weighted by Gasteiger charge is 2.44. The summed E-state index contributed by atoms with van der Waals surface area (Å²) in [7, 11) is 0. The molecule has 0 aromatic carbocycles. The van der Waals surface area contributed by atoms with Gasteiger partial charge in [0.2, 0.25) is 17.7 Å². The average molecular weight is 623 g/mol. The third-order valence-electron chi connectivity index (χ3n) is 6.52. The van der Waals surface area contributed by atoms with Gasteiger partial charge >= 0.3 is 18.1 Å². The number of aliphatic hydroxyl groups excluding tert-OH is 3. The first kappa shape index (κ1) is 39.5. The summed E-state index contributed by atoms with van der Waals surface area (Å²) < 4.78 is 10.7. The van der Waals surface area contributed by atoms with Crippen LogP contribution in [0.2, 0.25) is 0 Å².